The number of morpholine rings is 1. The molecular weight excluding hydrogens is 524 g/mol. The van der Waals surface area contributed by atoms with Crippen LogP contribution in [0.5, 0.6) is 0 Å². The molecule has 13 heteroatoms. The zero-order valence-electron chi connectivity index (χ0n) is 20.8. The number of ether oxygens (including phenoxy) is 1. The van der Waals surface area contributed by atoms with Crippen LogP contribution in [0.2, 0.25) is 0 Å². The number of pyridine rings is 1. The molecule has 0 bridgehead atoms. The Bertz CT molecular complexity index is 1480. The molecule has 38 heavy (non-hydrogen) atoms. The molecule has 3 aliphatic rings. The summed E-state index contributed by atoms with van der Waals surface area (Å²) in [6.45, 7) is 4.40. The van der Waals surface area contributed by atoms with Gasteiger partial charge in [-0.15, -0.1) is 0 Å². The maximum atomic E-state index is 13.5. The van der Waals surface area contributed by atoms with Gasteiger partial charge in [-0.25, -0.2) is 14.5 Å². The lowest BCUT2D eigenvalue weighted by Crippen LogP contribution is -2.38. The smallest absolute Gasteiger partial charge is 0.261 e. The summed E-state index contributed by atoms with van der Waals surface area (Å²) in [6, 6.07) is 3.88. The molecule has 0 unspecified atom stereocenters. The summed E-state index contributed by atoms with van der Waals surface area (Å²) in [7, 11) is 0. The number of amides is 1. The van der Waals surface area contributed by atoms with E-state index in [0.29, 0.717) is 36.9 Å². The number of piperidine rings is 1. The summed E-state index contributed by atoms with van der Waals surface area (Å²) in [4.78, 5) is 32.2. The van der Waals surface area contributed by atoms with Crippen molar-refractivity contribution in [3.63, 3.8) is 0 Å². The third-order valence-electron chi connectivity index (χ3n) is 7.21. The van der Waals surface area contributed by atoms with Crippen LogP contribution in [0.1, 0.15) is 47.7 Å². The van der Waals surface area contributed by atoms with Gasteiger partial charge >= 0.3 is 0 Å². The van der Waals surface area contributed by atoms with Crippen molar-refractivity contribution in [2.75, 3.05) is 54.5 Å². The molecule has 11 nitrogen and oxygen atoms in total. The number of fused-ring (bicyclic) bond motifs is 2. The summed E-state index contributed by atoms with van der Waals surface area (Å²) < 4.78 is 8.04. The Kier molecular flexibility index (Phi) is 6.84. The number of nitrogens with zero attached hydrogens (tertiary/aromatic N) is 7. The highest BCUT2D eigenvalue weighted by Crippen LogP contribution is 2.44. The monoisotopic (exact) mass is 554 g/mol. The number of rotatable bonds is 5. The Morgan fingerprint density at radius 2 is 1.95 bits per heavy atom. The first-order valence-corrected chi connectivity index (χ1v) is 13.7. The number of thiazole rings is 1. The maximum absolute atomic E-state index is 13.5. The van der Waals surface area contributed by atoms with E-state index in [2.05, 4.69) is 20.2 Å². The number of nitrogens with one attached hydrogen (secondary N) is 1. The Morgan fingerprint density at radius 1 is 1.11 bits per heavy atom. The van der Waals surface area contributed by atoms with Gasteiger partial charge in [0.05, 0.1) is 41.6 Å². The van der Waals surface area contributed by atoms with E-state index in [4.69, 9.17) is 19.7 Å². The zero-order valence-corrected chi connectivity index (χ0v) is 22.7. The van der Waals surface area contributed by atoms with Crippen LogP contribution in [0.15, 0.2) is 24.5 Å². The molecule has 2 aliphatic heterocycles. The number of β-amino-alcohol motifs (C(OH)–C–C–N with tert-alkyl or cyclic N) is 1. The second-order valence-corrected chi connectivity index (χ2v) is 10.9. The minimum Gasteiger partial charge on any atom is -0.391 e. The molecule has 200 valence electrons. The van der Waals surface area contributed by atoms with Crippen molar-refractivity contribution in [1.82, 2.24) is 24.6 Å². The van der Waals surface area contributed by atoms with Gasteiger partial charge in [0, 0.05) is 38.3 Å². The fraction of sp³-hybridized carbons (Fsp3) is 0.480. The molecule has 3 fully saturated rings. The Labute approximate surface area is 230 Å². The first-order chi connectivity index (χ1) is 18.1. The van der Waals surface area contributed by atoms with Crippen LogP contribution in [-0.2, 0) is 4.74 Å². The standard InChI is InChI=1S/C25H28N8O3S.H2S/c34-16-2-1-6-32(14-16)20-5-7-33-23(28-20)17(13-26-33)24(35)27-18-12-19-22(29-21(18)15-3-4-15)30-25(37-19)31-8-10-36-11-9-31;/h5,7,12-13,15-16,34H,1-4,6,8-11,14H2,(H,27,35);1H2/t16-;/m0./s1. The van der Waals surface area contributed by atoms with Gasteiger partial charge < -0.3 is 25.0 Å². The minimum atomic E-state index is -0.363. The van der Waals surface area contributed by atoms with Gasteiger partial charge in [-0.2, -0.15) is 23.6 Å². The highest BCUT2D eigenvalue weighted by Gasteiger charge is 2.30. The van der Waals surface area contributed by atoms with Crippen LogP contribution < -0.4 is 15.1 Å². The van der Waals surface area contributed by atoms with Gasteiger partial charge in [0.15, 0.2) is 16.4 Å². The number of hydrogen-bond donors (Lipinski definition) is 2. The van der Waals surface area contributed by atoms with Crippen molar-refractivity contribution in [3.05, 3.63) is 35.8 Å². The Morgan fingerprint density at radius 3 is 2.74 bits per heavy atom. The molecule has 6 heterocycles. The number of aliphatic hydroxyl groups excluding tert-OH is 1. The first-order valence-electron chi connectivity index (χ1n) is 12.9. The minimum absolute atomic E-state index is 0. The van der Waals surface area contributed by atoms with Crippen LogP contribution in [0.25, 0.3) is 16.0 Å². The molecule has 7 rings (SSSR count). The largest absolute Gasteiger partial charge is 0.391 e. The molecule has 0 aromatic carbocycles. The van der Waals surface area contributed by atoms with Crippen molar-refractivity contribution in [2.45, 2.75) is 37.7 Å². The van der Waals surface area contributed by atoms with E-state index in [1.807, 2.05) is 18.3 Å². The third kappa shape index (κ3) is 4.79. The average molecular weight is 555 g/mol. The van der Waals surface area contributed by atoms with Crippen LogP contribution >= 0.6 is 24.8 Å². The zero-order chi connectivity index (χ0) is 24.9. The predicted molar refractivity (Wildman–Crippen MR) is 151 cm³/mol. The molecule has 2 saturated heterocycles. The van der Waals surface area contributed by atoms with Crippen LogP contribution in [0, 0.1) is 0 Å². The molecule has 2 N–H and O–H groups in total. The van der Waals surface area contributed by atoms with Crippen molar-refractivity contribution in [2.24, 2.45) is 0 Å². The SMILES string of the molecule is O=C(Nc1cc2sc(N3CCOCC3)nc2nc1C1CC1)c1cnn2ccc(N3CCC[C@H](O)C3)nc12.S. The van der Waals surface area contributed by atoms with Gasteiger partial charge in [-0.1, -0.05) is 11.3 Å². The molecule has 0 spiro atoms. The van der Waals surface area contributed by atoms with Gasteiger partial charge in [0.1, 0.15) is 11.4 Å². The third-order valence-corrected chi connectivity index (χ3v) is 8.27. The van der Waals surface area contributed by atoms with Crippen molar-refractivity contribution in [3.8, 4) is 0 Å². The Hall–Kier alpha value is -3.00. The van der Waals surface area contributed by atoms with E-state index in [0.717, 1.165) is 78.0 Å². The molecule has 1 atom stereocenters. The molecular formula is C25H30N8O3S2. The predicted octanol–water partition coefficient (Wildman–Crippen LogP) is 2.77. The van der Waals surface area contributed by atoms with Crippen molar-refractivity contribution >= 4 is 63.4 Å². The van der Waals surface area contributed by atoms with Crippen LogP contribution in [-0.4, -0.2) is 81.1 Å². The topological polar surface area (TPSA) is 121 Å². The van der Waals surface area contributed by atoms with E-state index in [1.54, 1.807) is 22.0 Å². The summed E-state index contributed by atoms with van der Waals surface area (Å²) in [5.41, 5.74) is 3.25. The van der Waals surface area contributed by atoms with Crippen molar-refractivity contribution in [1.29, 1.82) is 0 Å². The summed E-state index contributed by atoms with van der Waals surface area (Å²) in [6.07, 6.45) is 6.83. The highest BCUT2D eigenvalue weighted by atomic mass is 32.1. The highest BCUT2D eigenvalue weighted by molar-refractivity contribution is 7.59. The lowest BCUT2D eigenvalue weighted by molar-refractivity contribution is 0.102. The fourth-order valence-electron chi connectivity index (χ4n) is 5.07. The lowest BCUT2D eigenvalue weighted by atomic mass is 10.1. The quantitative estimate of drug-likeness (QED) is 0.384. The fourth-order valence-corrected chi connectivity index (χ4v) is 6.07. The van der Waals surface area contributed by atoms with Gasteiger partial charge in [0.2, 0.25) is 0 Å². The van der Waals surface area contributed by atoms with E-state index < -0.39 is 0 Å². The summed E-state index contributed by atoms with van der Waals surface area (Å²) >= 11 is 1.59. The van der Waals surface area contributed by atoms with Gasteiger partial charge in [-0.3, -0.25) is 4.79 Å². The second-order valence-electron chi connectivity index (χ2n) is 9.92. The molecule has 4 aromatic rings. The molecule has 0 radical (unpaired) electrons. The average Bonchev–Trinajstić information content (AvgIpc) is 3.54. The summed E-state index contributed by atoms with van der Waals surface area (Å²) in [5.74, 6) is 0.814. The maximum Gasteiger partial charge on any atom is 0.261 e. The van der Waals surface area contributed by atoms with E-state index in [9.17, 15) is 9.90 Å². The van der Waals surface area contributed by atoms with Gasteiger partial charge in [-0.05, 0) is 37.8 Å². The number of anilines is 3. The van der Waals surface area contributed by atoms with Gasteiger partial charge in [0.25, 0.3) is 5.91 Å². The lowest BCUT2D eigenvalue weighted by Gasteiger charge is -2.30. The van der Waals surface area contributed by atoms with Crippen molar-refractivity contribution < 1.29 is 14.6 Å². The number of carbonyl (C=O) groups is 1. The first kappa shape index (κ1) is 25.3. The molecule has 1 saturated carbocycles. The number of aliphatic hydroxyl groups is 1. The Balaban J connectivity index is 0.00000264. The second kappa shape index (κ2) is 10.3. The van der Waals surface area contributed by atoms with E-state index in [1.165, 1.54) is 0 Å². The number of carbonyl (C=O) groups excluding carboxylic acids is 1. The van der Waals surface area contributed by atoms with Crippen LogP contribution in [0.4, 0.5) is 16.6 Å². The molecule has 1 aliphatic carbocycles. The molecule has 1 amide bonds. The normalized spacial score (nSPS) is 20.1. The van der Waals surface area contributed by atoms with Crippen LogP contribution in [0.3, 0.4) is 0 Å². The van der Waals surface area contributed by atoms with E-state index >= 15 is 0 Å². The molecule has 4 aromatic heterocycles. The summed E-state index contributed by atoms with van der Waals surface area (Å²) in [5, 5.41) is 18.5. The van der Waals surface area contributed by atoms with E-state index in [-0.39, 0.29) is 25.5 Å². The number of hydrogen-bond acceptors (Lipinski definition) is 10. The number of aromatic nitrogens is 5.